The number of hydrogen-bond donors (Lipinski definition) is 21. The summed E-state index contributed by atoms with van der Waals surface area (Å²) < 4.78 is 23.3. The predicted octanol–water partition coefficient (Wildman–Crippen LogP) is -6.03. The van der Waals surface area contributed by atoms with Crippen molar-refractivity contribution in [2.75, 3.05) is 148 Å². The first kappa shape index (κ1) is 116. The van der Waals surface area contributed by atoms with Gasteiger partial charge < -0.3 is 115 Å². The smallest absolute Gasteiger partial charge is 0.317 e. The third-order valence-corrected chi connectivity index (χ3v) is 27.1. The molecule has 11 atom stereocenters. The van der Waals surface area contributed by atoms with Gasteiger partial charge in [0.05, 0.1) is 51.0 Å². The van der Waals surface area contributed by atoms with Crippen LogP contribution in [0.5, 0.6) is 0 Å². The number of aliphatic hydroxyl groups is 1. The Kier molecular flexibility index (Phi) is 46.4. The molecule has 1 aromatic heterocycles. The van der Waals surface area contributed by atoms with Crippen LogP contribution >= 0.6 is 23.5 Å². The highest BCUT2D eigenvalue weighted by Gasteiger charge is 2.43. The SMILES string of the molecule is CNC(=O)[C@@H]1CSCc2cccc(c2)CS[C@@H](C(=O)N[C@@H](CCC(=O)O)C(=O)N2CCC[C@@H]2C(=O)N[C@@H](CC(=O)O)C(=O)N[C@@H](Cc2ccc(NC(=O)CCS(N)(=O)=O)cc2)C(=O)N[C@@H](CC(C)C)C(=O)N[C@H](C(=O)N[C@@H](Cc2c[nH]c3ccccc23)C(N)=O)[C@@H](C)O)NC(=O)[C@@H](NC(=O)CN2CCN(C(=O)CN3CCN(CC(=O)O)CCN(CC(=O)O)CCN(CC(=O)O)CC3)CC2)CCC(=O)NCCC(=O)N1. The van der Waals surface area contributed by atoms with Crippen LogP contribution in [-0.4, -0.2) is 406 Å². The van der Waals surface area contributed by atoms with Crippen molar-refractivity contribution in [1.29, 1.82) is 0 Å². The number of aliphatic carboxylic acids is 5. The molecule has 0 unspecified atom stereocenters. The second-order valence-electron chi connectivity index (χ2n) is 35.9. The van der Waals surface area contributed by atoms with E-state index in [1.165, 1.54) is 43.1 Å². The Morgan fingerprint density at radius 3 is 1.70 bits per heavy atom. The van der Waals surface area contributed by atoms with Crippen molar-refractivity contribution < 1.29 is 135 Å². The Morgan fingerprint density at radius 1 is 0.549 bits per heavy atom. The fourth-order valence-corrected chi connectivity index (χ4v) is 18.8. The van der Waals surface area contributed by atoms with Gasteiger partial charge in [0.1, 0.15) is 54.4 Å². The second-order valence-corrected chi connectivity index (χ2v) is 39.7. The first-order chi connectivity index (χ1) is 68.2. The summed E-state index contributed by atoms with van der Waals surface area (Å²) in [6.07, 6.45) is -5.55. The number of carboxylic acid groups (broad SMARTS) is 5. The van der Waals surface area contributed by atoms with Crippen LogP contribution in [0.15, 0.2) is 79.0 Å². The molecule has 3 aromatic carbocycles. The summed E-state index contributed by atoms with van der Waals surface area (Å²) in [6, 6.07) is 4.53. The maximum absolute atomic E-state index is 15.3. The van der Waals surface area contributed by atoms with Gasteiger partial charge in [0.15, 0.2) is 5.37 Å². The average molecular weight is 2080 g/mol. The number of likely N-dealkylation sites (tertiary alicyclic amines) is 1. The van der Waals surface area contributed by atoms with E-state index in [0.717, 1.165) is 23.6 Å². The minimum atomic E-state index is -4.05. The quantitative estimate of drug-likeness (QED) is 0.0196. The van der Waals surface area contributed by atoms with Crippen LogP contribution in [-0.2, 0) is 130 Å². The molecule has 4 aromatic rings. The number of nitrogens with zero attached hydrogens (tertiary/aromatic N) is 7. The molecule has 0 aliphatic carbocycles. The number of sulfonamides is 1. The number of benzene rings is 3. The lowest BCUT2D eigenvalue weighted by Gasteiger charge is -2.36. The van der Waals surface area contributed by atoms with Crippen LogP contribution < -0.4 is 74.7 Å². The number of carboxylic acids is 5. The molecule has 790 valence electrons. The number of nitrogens with two attached hydrogens (primary N) is 2. The van der Waals surface area contributed by atoms with E-state index in [1.807, 2.05) is 0 Å². The van der Waals surface area contributed by atoms with Gasteiger partial charge >= 0.3 is 29.8 Å². The second kappa shape index (κ2) is 57.5. The Morgan fingerprint density at radius 2 is 1.12 bits per heavy atom. The zero-order chi connectivity index (χ0) is 106. The van der Waals surface area contributed by atoms with Crippen molar-refractivity contribution in [3.05, 3.63) is 101 Å². The number of primary amides is 1. The average Bonchev–Trinajstić information content (AvgIpc) is 1.59. The number of hydrogen-bond acceptors (Lipinski definition) is 30. The summed E-state index contributed by atoms with van der Waals surface area (Å²) in [5, 5.41) is 95.3. The number of carbonyl (C=O) groups is 20. The van der Waals surface area contributed by atoms with Crippen LogP contribution in [0.2, 0.25) is 0 Å². The number of fused-ring (bicyclic) bond motifs is 3. The van der Waals surface area contributed by atoms with Crippen molar-refractivity contribution in [2.45, 2.75) is 175 Å². The Balaban J connectivity index is 1.02. The summed E-state index contributed by atoms with van der Waals surface area (Å²) in [6.45, 7) is 3.81. The van der Waals surface area contributed by atoms with Crippen molar-refractivity contribution in [3.8, 4) is 0 Å². The Labute approximate surface area is 838 Å². The van der Waals surface area contributed by atoms with E-state index in [4.69, 9.17) is 10.9 Å². The number of carbonyl (C=O) groups excluding carboxylic acids is 15. The number of primary sulfonamides is 1. The zero-order valence-corrected chi connectivity index (χ0v) is 82.8. The van der Waals surface area contributed by atoms with Crippen LogP contribution in [0.1, 0.15) is 107 Å². The van der Waals surface area contributed by atoms with Crippen LogP contribution in [0.25, 0.3) is 10.9 Å². The number of rotatable bonds is 42. The highest BCUT2D eigenvalue weighted by atomic mass is 32.2. The third kappa shape index (κ3) is 39.9. The molecular weight excluding hydrogens is 1950 g/mol. The predicted molar refractivity (Wildman–Crippen MR) is 521 cm³/mol. The van der Waals surface area contributed by atoms with Gasteiger partial charge in [0.25, 0.3) is 5.91 Å². The molecule has 23 N–H and O–H groups in total. The largest absolute Gasteiger partial charge is 0.481 e. The summed E-state index contributed by atoms with van der Waals surface area (Å²) >= 11 is 2.08. The Bertz CT molecular complexity index is 5310. The van der Waals surface area contributed by atoms with E-state index in [-0.39, 0.29) is 184 Å². The topological polar surface area (TPSA) is 732 Å². The molecule has 0 spiro atoms. The molecule has 8 rings (SSSR count). The Hall–Kier alpha value is -13.0. The molecule has 144 heavy (non-hydrogen) atoms. The lowest BCUT2D eigenvalue weighted by atomic mass is 9.99. The summed E-state index contributed by atoms with van der Waals surface area (Å²) in [7, 11) is -2.66. The number of nitrogens with one attached hydrogen (secondary N) is 13. The molecule has 2 bridgehead atoms. The summed E-state index contributed by atoms with van der Waals surface area (Å²) in [5.41, 5.74) is 8.64. The highest BCUT2D eigenvalue weighted by Crippen LogP contribution is 2.26. The fourth-order valence-electron chi connectivity index (χ4n) is 16.4. The molecule has 4 aliphatic rings. The number of H-pyrrole nitrogens is 1. The number of aliphatic hydroxyl groups excluding tert-OH is 1. The first-order valence-corrected chi connectivity index (χ1v) is 50.8. The minimum absolute atomic E-state index is 0.0304. The van der Waals surface area contributed by atoms with Gasteiger partial charge in [0, 0.05) is 177 Å². The number of piperazine rings is 1. The van der Waals surface area contributed by atoms with Crippen LogP contribution in [0, 0.1) is 5.92 Å². The molecule has 0 radical (unpaired) electrons. The van der Waals surface area contributed by atoms with E-state index in [1.54, 1.807) is 98.0 Å². The van der Waals surface area contributed by atoms with E-state index in [0.29, 0.717) is 27.6 Å². The van der Waals surface area contributed by atoms with E-state index < -0.39 is 252 Å². The van der Waals surface area contributed by atoms with Crippen molar-refractivity contribution in [1.82, 2.24) is 97.8 Å². The van der Waals surface area contributed by atoms with Gasteiger partial charge in [-0.1, -0.05) is 68.4 Å². The van der Waals surface area contributed by atoms with Gasteiger partial charge in [-0.25, -0.2) is 13.6 Å². The normalized spacial score (nSPS) is 19.5. The van der Waals surface area contributed by atoms with Gasteiger partial charge in [0.2, 0.25) is 92.7 Å². The van der Waals surface area contributed by atoms with Crippen molar-refractivity contribution in [3.63, 3.8) is 0 Å². The maximum Gasteiger partial charge on any atom is 0.317 e. The van der Waals surface area contributed by atoms with Crippen molar-refractivity contribution in [2.24, 2.45) is 16.8 Å². The van der Waals surface area contributed by atoms with Crippen molar-refractivity contribution >= 4 is 169 Å². The van der Waals surface area contributed by atoms with Gasteiger partial charge in [-0.3, -0.25) is 120 Å². The maximum atomic E-state index is 15.3. The molecule has 50 nitrogen and oxygen atoms in total. The summed E-state index contributed by atoms with van der Waals surface area (Å²) in [4.78, 5) is 288. The monoisotopic (exact) mass is 2070 g/mol. The number of para-hydroxylation sites is 1. The molecule has 3 saturated heterocycles. The highest BCUT2D eigenvalue weighted by molar-refractivity contribution is 7.99. The molecule has 4 aliphatic heterocycles. The molecule has 15 amide bonds. The molecule has 53 heteroatoms. The van der Waals surface area contributed by atoms with Crippen LogP contribution in [0.4, 0.5) is 5.69 Å². The minimum Gasteiger partial charge on any atom is -0.481 e. The first-order valence-electron chi connectivity index (χ1n) is 46.9. The van der Waals surface area contributed by atoms with E-state index in [9.17, 15) is 116 Å². The number of likely N-dealkylation sites (N-methyl/N-ethyl adjacent to an activating group) is 1. The van der Waals surface area contributed by atoms with Gasteiger partial charge in [-0.15, -0.1) is 11.8 Å². The molecule has 0 saturated carbocycles. The lowest BCUT2D eigenvalue weighted by molar-refractivity contribution is -0.145. The number of amides is 15. The fraction of sp³-hybridized carbons (Fsp3) is 0.560. The van der Waals surface area contributed by atoms with Crippen LogP contribution in [0.3, 0.4) is 0 Å². The number of aromatic nitrogens is 1. The van der Waals surface area contributed by atoms with Gasteiger partial charge in [-0.2, -0.15) is 11.8 Å². The van der Waals surface area contributed by atoms with E-state index in [2.05, 4.69) is 68.8 Å². The number of aromatic amines is 1. The van der Waals surface area contributed by atoms with E-state index >= 15 is 19.2 Å². The summed E-state index contributed by atoms with van der Waals surface area (Å²) in [5.74, 6) is -21.2. The zero-order valence-electron chi connectivity index (χ0n) is 80.4. The standard InChI is InChI=1S/C91H130N22O28S3/c1-53(2)39-65(86(135)105-80(54(3)114)88(137)101-64(81(92)130)42-58-44-96-61-12-6-5-11-60(58)61)102-84(133)66(41-55-14-16-59(17-15-55)97-72(117)23-38-144(93,140)141)103-85(134)67(43-76(122)123)104-87(136)69-13-8-25-113(69)91(139)63(19-21-75(120)121)100-89(138)90-106-83(132)62(18-20-70(115)95-24-22-71(116)99-68(82(131)94-4)52-142-50-56-9-7-10-57(40-56)51-143-90)98-73(118)45-107-34-36-112(37-35-107)74(119)46-108-26-28-109(47-77(124)125)30-32-111(49-79(128)129)33-31-110(29-27-108)48-78(126)127/h5-7,9-12,14-17,40,44,53-54,62-69,80,90,96,114H,8,13,18-39,41-43,45-52H2,1-4H3,(H2,92,130)(H,94,131)(H,95,115)(H,97,117)(H,98,118)(H,99,116)(H,100,138)(H,101,137)(H,102,133)(H,103,134)(H,104,136)(H,105,135)(H,106,132)(H,120,121)(H,122,123)(H,124,125)(H,126,127)(H,128,129)(H2,93,140,141)/t54-,62+,63+,64+,65+,66+,67+,68+,69-,80+,90+/m1/s1. The third-order valence-electron chi connectivity index (χ3n) is 24.0. The number of thioether (sulfide) groups is 2. The molecular formula is C91H130N22O28S3. The molecule has 3 fully saturated rings. The van der Waals surface area contributed by atoms with Gasteiger partial charge in [-0.05, 0) is 85.4 Å². The molecule has 5 heterocycles. The lowest BCUT2D eigenvalue weighted by Crippen LogP contribution is -2.62. The number of anilines is 1.